The van der Waals surface area contributed by atoms with Crippen molar-refractivity contribution in [2.45, 2.75) is 9.79 Å². The van der Waals surface area contributed by atoms with Crippen molar-refractivity contribution in [3.8, 4) is 0 Å². The van der Waals surface area contributed by atoms with Gasteiger partial charge < -0.3 is 5.11 Å². The number of benzene rings is 1. The zero-order valence-electron chi connectivity index (χ0n) is 9.45. The molecule has 0 bridgehead atoms. The Labute approximate surface area is 104 Å². The first kappa shape index (κ1) is 14.0. The number of sulfonamides is 1. The number of carboxylic acid groups (broad SMARTS) is 1. The average molecular weight is 275 g/mol. The summed E-state index contributed by atoms with van der Waals surface area (Å²) in [4.78, 5) is 11.3. The minimum Gasteiger partial charge on any atom is -0.480 e. The molecule has 0 aliphatic rings. The van der Waals surface area contributed by atoms with Gasteiger partial charge in [-0.2, -0.15) is 4.31 Å². The van der Waals surface area contributed by atoms with E-state index in [0.717, 1.165) is 4.31 Å². The van der Waals surface area contributed by atoms with Crippen molar-refractivity contribution in [3.05, 3.63) is 24.3 Å². The van der Waals surface area contributed by atoms with Gasteiger partial charge in [-0.15, -0.1) is 11.8 Å². The van der Waals surface area contributed by atoms with Crippen LogP contribution in [0.25, 0.3) is 0 Å². The van der Waals surface area contributed by atoms with Gasteiger partial charge in [0.25, 0.3) is 0 Å². The molecule has 1 aromatic rings. The highest BCUT2D eigenvalue weighted by atomic mass is 32.2. The molecule has 0 aromatic heterocycles. The second kappa shape index (κ2) is 5.52. The number of hydrogen-bond donors (Lipinski definition) is 1. The van der Waals surface area contributed by atoms with Gasteiger partial charge in [-0.3, -0.25) is 4.79 Å². The molecule has 94 valence electrons. The maximum atomic E-state index is 12.1. The van der Waals surface area contributed by atoms with Crippen molar-refractivity contribution in [2.75, 3.05) is 19.8 Å². The van der Waals surface area contributed by atoms with Gasteiger partial charge in [-0.05, 0) is 18.4 Å². The molecular weight excluding hydrogens is 262 g/mol. The second-order valence-electron chi connectivity index (χ2n) is 3.31. The Morgan fingerprint density at radius 2 is 2.00 bits per heavy atom. The van der Waals surface area contributed by atoms with Crippen LogP contribution < -0.4 is 0 Å². The first-order valence-corrected chi connectivity index (χ1v) is 7.37. The first-order chi connectivity index (χ1) is 7.89. The molecule has 0 heterocycles. The third kappa shape index (κ3) is 3.21. The standard InChI is InChI=1S/C10H13NO4S2/c1-11(7-10(12)13)17(14,15)9-6-4-3-5-8(9)16-2/h3-6H,7H2,1-2H3,(H,12,13). The molecule has 0 saturated heterocycles. The van der Waals surface area contributed by atoms with E-state index in [0.29, 0.717) is 4.90 Å². The first-order valence-electron chi connectivity index (χ1n) is 4.70. The van der Waals surface area contributed by atoms with E-state index >= 15 is 0 Å². The molecular formula is C10H13NO4S2. The van der Waals surface area contributed by atoms with Crippen LogP contribution in [0.4, 0.5) is 0 Å². The highest BCUT2D eigenvalue weighted by Gasteiger charge is 2.24. The number of thioether (sulfide) groups is 1. The molecule has 0 unspecified atom stereocenters. The lowest BCUT2D eigenvalue weighted by Crippen LogP contribution is -2.32. The van der Waals surface area contributed by atoms with Crippen LogP contribution in [-0.2, 0) is 14.8 Å². The summed E-state index contributed by atoms with van der Waals surface area (Å²) in [6.45, 7) is -0.551. The van der Waals surface area contributed by atoms with E-state index in [-0.39, 0.29) is 4.90 Å². The smallest absolute Gasteiger partial charge is 0.318 e. The number of carboxylic acids is 1. The monoisotopic (exact) mass is 275 g/mol. The predicted molar refractivity (Wildman–Crippen MR) is 65.7 cm³/mol. The Morgan fingerprint density at radius 1 is 1.41 bits per heavy atom. The van der Waals surface area contributed by atoms with E-state index in [1.165, 1.54) is 24.9 Å². The maximum absolute atomic E-state index is 12.1. The van der Waals surface area contributed by atoms with Crippen molar-refractivity contribution < 1.29 is 18.3 Å². The van der Waals surface area contributed by atoms with Crippen LogP contribution in [0.3, 0.4) is 0 Å². The van der Waals surface area contributed by atoms with Gasteiger partial charge in [0.2, 0.25) is 10.0 Å². The van der Waals surface area contributed by atoms with E-state index in [9.17, 15) is 13.2 Å². The molecule has 0 saturated carbocycles. The van der Waals surface area contributed by atoms with Gasteiger partial charge in [0.15, 0.2) is 0 Å². The summed E-state index contributed by atoms with van der Waals surface area (Å²) in [5.74, 6) is -1.18. The van der Waals surface area contributed by atoms with Gasteiger partial charge in [0, 0.05) is 11.9 Å². The molecule has 0 atom stereocenters. The summed E-state index contributed by atoms with van der Waals surface area (Å²) < 4.78 is 25.0. The fraction of sp³-hybridized carbons (Fsp3) is 0.300. The minimum atomic E-state index is -3.75. The van der Waals surface area contributed by atoms with Crippen LogP contribution in [0.5, 0.6) is 0 Å². The van der Waals surface area contributed by atoms with Crippen LogP contribution in [-0.4, -0.2) is 43.6 Å². The molecule has 1 rings (SSSR count). The van der Waals surface area contributed by atoms with Gasteiger partial charge in [0.05, 0.1) is 4.90 Å². The number of aliphatic carboxylic acids is 1. The number of nitrogens with zero attached hydrogens (tertiary/aromatic N) is 1. The van der Waals surface area contributed by atoms with Crippen molar-refractivity contribution in [3.63, 3.8) is 0 Å². The highest BCUT2D eigenvalue weighted by molar-refractivity contribution is 7.99. The zero-order chi connectivity index (χ0) is 13.1. The molecule has 5 nitrogen and oxygen atoms in total. The van der Waals surface area contributed by atoms with Crippen molar-refractivity contribution >= 4 is 27.8 Å². The third-order valence-electron chi connectivity index (χ3n) is 2.12. The maximum Gasteiger partial charge on any atom is 0.318 e. The summed E-state index contributed by atoms with van der Waals surface area (Å²) in [6.07, 6.45) is 1.77. The summed E-state index contributed by atoms with van der Waals surface area (Å²) in [5, 5.41) is 8.61. The van der Waals surface area contributed by atoms with Gasteiger partial charge in [0.1, 0.15) is 6.54 Å². The molecule has 1 N–H and O–H groups in total. The lowest BCUT2D eigenvalue weighted by molar-refractivity contribution is -0.137. The van der Waals surface area contributed by atoms with Crippen molar-refractivity contribution in [1.29, 1.82) is 0 Å². The topological polar surface area (TPSA) is 74.7 Å². The lowest BCUT2D eigenvalue weighted by Gasteiger charge is -2.16. The SMILES string of the molecule is CSc1ccccc1S(=O)(=O)N(C)CC(=O)O. The average Bonchev–Trinajstić information content (AvgIpc) is 2.28. The molecule has 0 spiro atoms. The van der Waals surface area contributed by atoms with Crippen molar-refractivity contribution in [1.82, 2.24) is 4.31 Å². The van der Waals surface area contributed by atoms with E-state index in [1.54, 1.807) is 24.5 Å². The Morgan fingerprint density at radius 3 is 2.53 bits per heavy atom. The summed E-state index contributed by atoms with van der Waals surface area (Å²) in [5.41, 5.74) is 0. The molecule has 0 aliphatic heterocycles. The van der Waals surface area contributed by atoms with Gasteiger partial charge in [-0.25, -0.2) is 8.42 Å². The van der Waals surface area contributed by atoms with E-state index < -0.39 is 22.5 Å². The Kier molecular flexibility index (Phi) is 4.55. The molecule has 0 radical (unpaired) electrons. The summed E-state index contributed by atoms with van der Waals surface area (Å²) in [6, 6.07) is 6.51. The minimum absolute atomic E-state index is 0.135. The largest absolute Gasteiger partial charge is 0.480 e. The number of likely N-dealkylation sites (N-methyl/N-ethyl adjacent to an activating group) is 1. The molecule has 7 heteroatoms. The van der Waals surface area contributed by atoms with Crippen LogP contribution in [0.1, 0.15) is 0 Å². The molecule has 0 aliphatic carbocycles. The van der Waals surface area contributed by atoms with Crippen LogP contribution in [0.2, 0.25) is 0 Å². The van der Waals surface area contributed by atoms with Gasteiger partial charge >= 0.3 is 5.97 Å². The fourth-order valence-corrected chi connectivity index (χ4v) is 3.51. The normalized spacial score (nSPS) is 11.7. The lowest BCUT2D eigenvalue weighted by atomic mass is 10.4. The van der Waals surface area contributed by atoms with E-state index in [4.69, 9.17) is 5.11 Å². The van der Waals surface area contributed by atoms with Gasteiger partial charge in [-0.1, -0.05) is 12.1 Å². The Bertz CT molecular complexity index is 513. The number of rotatable bonds is 5. The Hall–Kier alpha value is -1.05. The highest BCUT2D eigenvalue weighted by Crippen LogP contribution is 2.26. The van der Waals surface area contributed by atoms with Crippen LogP contribution in [0.15, 0.2) is 34.1 Å². The van der Waals surface area contributed by atoms with Crippen LogP contribution in [0, 0.1) is 0 Å². The zero-order valence-corrected chi connectivity index (χ0v) is 11.1. The van der Waals surface area contributed by atoms with Crippen LogP contribution >= 0.6 is 11.8 Å². The molecule has 0 fully saturated rings. The number of carbonyl (C=O) groups is 1. The predicted octanol–water partition coefficient (Wildman–Crippen LogP) is 1.11. The summed E-state index contributed by atoms with van der Waals surface area (Å²) >= 11 is 1.31. The Balaban J connectivity index is 3.17. The molecule has 0 amide bonds. The summed E-state index contributed by atoms with van der Waals surface area (Å²) in [7, 11) is -2.49. The molecule has 1 aromatic carbocycles. The third-order valence-corrected chi connectivity index (χ3v) is 4.90. The molecule has 17 heavy (non-hydrogen) atoms. The van der Waals surface area contributed by atoms with E-state index in [1.807, 2.05) is 0 Å². The quantitative estimate of drug-likeness (QED) is 0.815. The number of hydrogen-bond acceptors (Lipinski definition) is 4. The van der Waals surface area contributed by atoms with E-state index in [2.05, 4.69) is 0 Å². The second-order valence-corrected chi connectivity index (χ2v) is 6.17. The van der Waals surface area contributed by atoms with Crippen molar-refractivity contribution in [2.24, 2.45) is 0 Å². The fourth-order valence-electron chi connectivity index (χ4n) is 1.28.